The summed E-state index contributed by atoms with van der Waals surface area (Å²) in [4.78, 5) is 23.7. The van der Waals surface area contributed by atoms with Crippen LogP contribution in [0.4, 0.5) is 5.69 Å². The average Bonchev–Trinajstić information content (AvgIpc) is 2.49. The van der Waals surface area contributed by atoms with Gasteiger partial charge in [-0.3, -0.25) is 9.59 Å². The normalized spacial score (nSPS) is 9.85. The molecule has 0 aliphatic rings. The molecule has 0 aliphatic heterocycles. The number of ketones is 1. The third-order valence-corrected chi connectivity index (χ3v) is 2.79. The maximum atomic E-state index is 11.9. The lowest BCUT2D eigenvalue weighted by molar-refractivity contribution is -0.115. The van der Waals surface area contributed by atoms with Crippen LogP contribution in [-0.2, 0) is 4.79 Å². The molecule has 2 rings (SSSR count). The van der Waals surface area contributed by atoms with E-state index in [1.165, 1.54) is 0 Å². The van der Waals surface area contributed by atoms with Gasteiger partial charge in [-0.15, -0.1) is 0 Å². The molecule has 1 N–H and O–H groups in total. The van der Waals surface area contributed by atoms with Gasteiger partial charge in [0, 0.05) is 11.3 Å². The molecule has 0 radical (unpaired) electrons. The van der Waals surface area contributed by atoms with Gasteiger partial charge in [0.25, 0.3) is 0 Å². The van der Waals surface area contributed by atoms with Crippen LogP contribution in [0, 0.1) is 0 Å². The third-order valence-electron chi connectivity index (χ3n) is 2.79. The molecule has 1 amide bonds. The number of amides is 1. The van der Waals surface area contributed by atoms with Crippen LogP contribution < -0.4 is 10.1 Å². The van der Waals surface area contributed by atoms with Crippen LogP contribution in [0.1, 0.15) is 16.8 Å². The Kier molecular flexibility index (Phi) is 4.50. The first-order chi connectivity index (χ1) is 9.69. The van der Waals surface area contributed by atoms with Gasteiger partial charge in [0.15, 0.2) is 5.78 Å². The van der Waals surface area contributed by atoms with E-state index in [1.54, 1.807) is 55.6 Å². The van der Waals surface area contributed by atoms with Gasteiger partial charge in [-0.1, -0.05) is 30.3 Å². The molecule has 4 nitrogen and oxygen atoms in total. The maximum Gasteiger partial charge on any atom is 0.232 e. The molecule has 0 saturated carbocycles. The number of nitrogens with one attached hydrogen (secondary N) is 1. The van der Waals surface area contributed by atoms with E-state index in [2.05, 4.69) is 5.32 Å². The second kappa shape index (κ2) is 6.52. The fraction of sp³-hybridized carbons (Fsp3) is 0.125. The minimum absolute atomic E-state index is 0.171. The standard InChI is InChI=1S/C16H15NO3/c1-20-14-9-7-13(8-10-14)17-16(19)11-15(18)12-5-3-2-4-6-12/h2-10H,11H2,1H3,(H,17,19). The Balaban J connectivity index is 1.93. The molecule has 0 aliphatic carbocycles. The Morgan fingerprint density at radius 3 is 2.25 bits per heavy atom. The number of hydrogen-bond acceptors (Lipinski definition) is 3. The van der Waals surface area contributed by atoms with E-state index in [1.807, 2.05) is 6.07 Å². The highest BCUT2D eigenvalue weighted by Gasteiger charge is 2.11. The SMILES string of the molecule is COc1ccc(NC(=O)CC(=O)c2ccccc2)cc1. The van der Waals surface area contributed by atoms with Crippen molar-refractivity contribution < 1.29 is 14.3 Å². The summed E-state index contributed by atoms with van der Waals surface area (Å²) in [6, 6.07) is 15.7. The number of anilines is 1. The first-order valence-corrected chi connectivity index (χ1v) is 6.21. The highest BCUT2D eigenvalue weighted by Crippen LogP contribution is 2.15. The minimum atomic E-state index is -0.330. The van der Waals surface area contributed by atoms with Crippen LogP contribution in [0.15, 0.2) is 54.6 Å². The predicted molar refractivity (Wildman–Crippen MR) is 77.0 cm³/mol. The van der Waals surface area contributed by atoms with E-state index in [0.29, 0.717) is 17.0 Å². The number of carbonyl (C=O) groups is 2. The Morgan fingerprint density at radius 1 is 1.00 bits per heavy atom. The molecular formula is C16H15NO3. The van der Waals surface area contributed by atoms with E-state index < -0.39 is 0 Å². The number of hydrogen-bond donors (Lipinski definition) is 1. The third kappa shape index (κ3) is 3.68. The summed E-state index contributed by atoms with van der Waals surface area (Å²) in [5.41, 5.74) is 1.18. The monoisotopic (exact) mass is 269 g/mol. The number of benzene rings is 2. The molecule has 102 valence electrons. The molecule has 2 aromatic carbocycles. The number of methoxy groups -OCH3 is 1. The van der Waals surface area contributed by atoms with Gasteiger partial charge in [-0.2, -0.15) is 0 Å². The van der Waals surface area contributed by atoms with Crippen molar-refractivity contribution in [2.45, 2.75) is 6.42 Å². The topological polar surface area (TPSA) is 55.4 Å². The quantitative estimate of drug-likeness (QED) is 0.670. The van der Waals surface area contributed by atoms with Crippen molar-refractivity contribution in [3.8, 4) is 5.75 Å². The van der Waals surface area contributed by atoms with Crippen LogP contribution in [0.3, 0.4) is 0 Å². The fourth-order valence-corrected chi connectivity index (χ4v) is 1.75. The molecule has 2 aromatic rings. The van der Waals surface area contributed by atoms with Crippen molar-refractivity contribution >= 4 is 17.4 Å². The lowest BCUT2D eigenvalue weighted by Crippen LogP contribution is -2.16. The van der Waals surface area contributed by atoms with Gasteiger partial charge in [0.1, 0.15) is 5.75 Å². The minimum Gasteiger partial charge on any atom is -0.497 e. The summed E-state index contributed by atoms with van der Waals surface area (Å²) >= 11 is 0. The lowest BCUT2D eigenvalue weighted by Gasteiger charge is -2.06. The first-order valence-electron chi connectivity index (χ1n) is 6.21. The van der Waals surface area contributed by atoms with Crippen molar-refractivity contribution in [3.05, 3.63) is 60.2 Å². The largest absolute Gasteiger partial charge is 0.497 e. The van der Waals surface area contributed by atoms with Crippen LogP contribution in [0.5, 0.6) is 5.75 Å². The van der Waals surface area contributed by atoms with E-state index in [-0.39, 0.29) is 18.1 Å². The number of carbonyl (C=O) groups excluding carboxylic acids is 2. The summed E-state index contributed by atoms with van der Waals surface area (Å²) in [6.45, 7) is 0. The van der Waals surface area contributed by atoms with Gasteiger partial charge in [0.05, 0.1) is 13.5 Å². The second-order valence-corrected chi connectivity index (χ2v) is 4.24. The van der Waals surface area contributed by atoms with Crippen molar-refractivity contribution in [3.63, 3.8) is 0 Å². The van der Waals surface area contributed by atoms with Crippen LogP contribution in [-0.4, -0.2) is 18.8 Å². The number of rotatable bonds is 5. The average molecular weight is 269 g/mol. The Morgan fingerprint density at radius 2 is 1.65 bits per heavy atom. The van der Waals surface area contributed by atoms with Crippen molar-refractivity contribution in [2.75, 3.05) is 12.4 Å². The molecule has 0 aromatic heterocycles. The second-order valence-electron chi connectivity index (χ2n) is 4.24. The van der Waals surface area contributed by atoms with Crippen molar-refractivity contribution in [1.82, 2.24) is 0 Å². The van der Waals surface area contributed by atoms with Gasteiger partial charge < -0.3 is 10.1 Å². The highest BCUT2D eigenvalue weighted by atomic mass is 16.5. The summed E-state index contributed by atoms with van der Waals surface area (Å²) in [6.07, 6.45) is -0.171. The molecule has 0 bridgehead atoms. The predicted octanol–water partition coefficient (Wildman–Crippen LogP) is 2.91. The van der Waals surface area contributed by atoms with Crippen LogP contribution in [0.25, 0.3) is 0 Å². The fourth-order valence-electron chi connectivity index (χ4n) is 1.75. The maximum absolute atomic E-state index is 11.9. The number of Topliss-reactive ketones (excluding diaryl/α,β-unsaturated/α-hetero) is 1. The van der Waals surface area contributed by atoms with Crippen LogP contribution in [0.2, 0.25) is 0 Å². The van der Waals surface area contributed by atoms with Crippen molar-refractivity contribution in [2.24, 2.45) is 0 Å². The molecule has 0 fully saturated rings. The molecule has 4 heteroatoms. The van der Waals surface area contributed by atoms with Gasteiger partial charge in [-0.05, 0) is 24.3 Å². The lowest BCUT2D eigenvalue weighted by atomic mass is 10.1. The summed E-state index contributed by atoms with van der Waals surface area (Å²) < 4.78 is 5.03. The molecule has 0 spiro atoms. The summed E-state index contributed by atoms with van der Waals surface area (Å²) in [7, 11) is 1.58. The van der Waals surface area contributed by atoms with Gasteiger partial charge >= 0.3 is 0 Å². The number of ether oxygens (including phenoxy) is 1. The van der Waals surface area contributed by atoms with Gasteiger partial charge in [-0.25, -0.2) is 0 Å². The zero-order chi connectivity index (χ0) is 14.4. The zero-order valence-electron chi connectivity index (χ0n) is 11.1. The van der Waals surface area contributed by atoms with Gasteiger partial charge in [0.2, 0.25) is 5.91 Å². The van der Waals surface area contributed by atoms with E-state index >= 15 is 0 Å². The molecule has 0 heterocycles. The van der Waals surface area contributed by atoms with E-state index in [0.717, 1.165) is 0 Å². The van der Waals surface area contributed by atoms with Crippen molar-refractivity contribution in [1.29, 1.82) is 0 Å². The molecule has 20 heavy (non-hydrogen) atoms. The highest BCUT2D eigenvalue weighted by molar-refractivity contribution is 6.10. The molecule has 0 atom stereocenters. The zero-order valence-corrected chi connectivity index (χ0v) is 11.1. The summed E-state index contributed by atoms with van der Waals surface area (Å²) in [5, 5.41) is 2.68. The van der Waals surface area contributed by atoms with Crippen LogP contribution >= 0.6 is 0 Å². The Labute approximate surface area is 117 Å². The van der Waals surface area contributed by atoms with E-state index in [4.69, 9.17) is 4.74 Å². The molecule has 0 unspecified atom stereocenters. The van der Waals surface area contributed by atoms with E-state index in [9.17, 15) is 9.59 Å². The smallest absolute Gasteiger partial charge is 0.232 e. The Hall–Kier alpha value is -2.62. The molecular weight excluding hydrogens is 254 g/mol. The molecule has 0 saturated heterocycles. The summed E-state index contributed by atoms with van der Waals surface area (Å²) in [5.74, 6) is 0.184. The first kappa shape index (κ1) is 13.8. The Bertz CT molecular complexity index is 591.